The normalized spacial score (nSPS) is 19.4. The number of hydrogen-bond donors (Lipinski definition) is 0. The van der Waals surface area contributed by atoms with Crippen molar-refractivity contribution in [3.63, 3.8) is 0 Å². The molecular weight excluding hydrogens is 394 g/mol. The van der Waals surface area contributed by atoms with Crippen molar-refractivity contribution in [1.82, 2.24) is 24.1 Å². The third-order valence-electron chi connectivity index (χ3n) is 4.44. The Bertz CT molecular complexity index is 1150. The van der Waals surface area contributed by atoms with Crippen molar-refractivity contribution in [2.24, 2.45) is 7.05 Å². The highest BCUT2D eigenvalue weighted by Gasteiger charge is 2.32. The maximum Gasteiger partial charge on any atom is 0.258 e. The molecule has 11 heteroatoms. The third-order valence-corrected chi connectivity index (χ3v) is 8.21. The number of thioether (sulfide) groups is 1. The van der Waals surface area contributed by atoms with Gasteiger partial charge in [0.25, 0.3) is 5.56 Å². The highest BCUT2D eigenvalue weighted by Crippen LogP contribution is 2.30. The molecule has 3 aromatic rings. The molecule has 0 aromatic carbocycles. The van der Waals surface area contributed by atoms with E-state index in [1.165, 1.54) is 23.1 Å². The summed E-state index contributed by atoms with van der Waals surface area (Å²) in [6.45, 7) is 1.88. The van der Waals surface area contributed by atoms with Gasteiger partial charge in [0.05, 0.1) is 17.2 Å². The Labute approximate surface area is 158 Å². The van der Waals surface area contributed by atoms with Gasteiger partial charge in [-0.2, -0.15) is 0 Å². The molecule has 1 aliphatic rings. The zero-order valence-corrected chi connectivity index (χ0v) is 16.7. The van der Waals surface area contributed by atoms with Crippen LogP contribution in [0.1, 0.15) is 29.6 Å². The van der Waals surface area contributed by atoms with Crippen LogP contribution in [0.5, 0.6) is 0 Å². The van der Waals surface area contributed by atoms with Crippen LogP contribution >= 0.6 is 23.1 Å². The molecule has 0 aliphatic carbocycles. The van der Waals surface area contributed by atoms with Crippen molar-refractivity contribution in [2.75, 3.05) is 11.5 Å². The Balaban J connectivity index is 1.53. The minimum atomic E-state index is -2.96. The van der Waals surface area contributed by atoms with Gasteiger partial charge in [0.2, 0.25) is 0 Å². The molecule has 1 aliphatic heterocycles. The van der Waals surface area contributed by atoms with Crippen LogP contribution in [-0.4, -0.2) is 44.1 Å². The van der Waals surface area contributed by atoms with Gasteiger partial charge < -0.3 is 4.57 Å². The van der Waals surface area contributed by atoms with Gasteiger partial charge in [-0.05, 0) is 13.3 Å². The molecule has 4 rings (SSSR count). The van der Waals surface area contributed by atoms with E-state index in [0.717, 1.165) is 5.69 Å². The first-order valence-electron chi connectivity index (χ1n) is 8.03. The molecule has 3 aromatic heterocycles. The smallest absolute Gasteiger partial charge is 0.258 e. The summed E-state index contributed by atoms with van der Waals surface area (Å²) in [5.41, 5.74) is 1.49. The fourth-order valence-corrected chi connectivity index (χ4v) is 6.56. The number of thiazole rings is 1. The average Bonchev–Trinajstić information content (AvgIpc) is 3.23. The lowest BCUT2D eigenvalue weighted by Crippen LogP contribution is -2.14. The largest absolute Gasteiger partial charge is 0.309 e. The van der Waals surface area contributed by atoms with E-state index in [-0.39, 0.29) is 23.0 Å². The third kappa shape index (κ3) is 3.19. The van der Waals surface area contributed by atoms with E-state index in [0.29, 0.717) is 33.8 Å². The molecule has 4 heterocycles. The first-order valence-corrected chi connectivity index (χ1v) is 11.7. The summed E-state index contributed by atoms with van der Waals surface area (Å²) < 4.78 is 26.8. The predicted molar refractivity (Wildman–Crippen MR) is 101 cm³/mol. The van der Waals surface area contributed by atoms with Gasteiger partial charge in [0.1, 0.15) is 5.82 Å². The number of sulfone groups is 1. The Hall–Kier alpha value is -1.72. The van der Waals surface area contributed by atoms with E-state index in [9.17, 15) is 13.2 Å². The molecule has 0 saturated carbocycles. The summed E-state index contributed by atoms with van der Waals surface area (Å²) in [6, 6.07) is 1.54. The van der Waals surface area contributed by atoms with Crippen molar-refractivity contribution in [3.05, 3.63) is 39.0 Å². The standard InChI is InChI=1S/C15H17N5O3S3/c1-9-6-24-14-16-11(5-12(21)20(9)14)7-25-15-18-17-13(19(15)2)10-3-4-26(22,23)8-10/h5-6,10H,3-4,7-8H2,1-2H3. The minimum Gasteiger partial charge on any atom is -0.309 e. The SMILES string of the molecule is Cc1csc2nc(CSc3nnc(C4CCS(=O)(=O)C4)n3C)cc(=O)n12. The van der Waals surface area contributed by atoms with Crippen LogP contribution in [-0.2, 0) is 22.6 Å². The van der Waals surface area contributed by atoms with Crippen LogP contribution in [0.2, 0.25) is 0 Å². The summed E-state index contributed by atoms with van der Waals surface area (Å²) in [4.78, 5) is 17.4. The average molecular weight is 412 g/mol. The monoisotopic (exact) mass is 411 g/mol. The van der Waals surface area contributed by atoms with Crippen molar-refractivity contribution in [1.29, 1.82) is 0 Å². The number of fused-ring (bicyclic) bond motifs is 1. The van der Waals surface area contributed by atoms with Crippen LogP contribution in [0.25, 0.3) is 4.96 Å². The Morgan fingerprint density at radius 1 is 1.38 bits per heavy atom. The fourth-order valence-electron chi connectivity index (χ4n) is 3.12. The van der Waals surface area contributed by atoms with Gasteiger partial charge >= 0.3 is 0 Å². The van der Waals surface area contributed by atoms with Crippen molar-refractivity contribution >= 4 is 37.9 Å². The molecule has 138 valence electrons. The Morgan fingerprint density at radius 3 is 2.92 bits per heavy atom. The maximum absolute atomic E-state index is 12.2. The van der Waals surface area contributed by atoms with Gasteiger partial charge in [0, 0.05) is 35.9 Å². The quantitative estimate of drug-likeness (QED) is 0.598. The second-order valence-corrected chi connectivity index (χ2v) is 10.4. The van der Waals surface area contributed by atoms with Crippen LogP contribution in [0, 0.1) is 6.92 Å². The molecule has 0 amide bonds. The fraction of sp³-hybridized carbons (Fsp3) is 0.467. The summed E-state index contributed by atoms with van der Waals surface area (Å²) >= 11 is 2.88. The Morgan fingerprint density at radius 2 is 2.19 bits per heavy atom. The molecule has 26 heavy (non-hydrogen) atoms. The molecule has 0 bridgehead atoms. The molecule has 8 nitrogen and oxygen atoms in total. The molecule has 1 fully saturated rings. The predicted octanol–water partition coefficient (Wildman–Crippen LogP) is 1.39. The molecule has 1 atom stereocenters. The van der Waals surface area contributed by atoms with Crippen LogP contribution < -0.4 is 5.56 Å². The molecule has 1 unspecified atom stereocenters. The number of aromatic nitrogens is 5. The first-order chi connectivity index (χ1) is 12.3. The second kappa shape index (κ2) is 6.46. The van der Waals surface area contributed by atoms with Crippen molar-refractivity contribution < 1.29 is 8.42 Å². The van der Waals surface area contributed by atoms with Crippen LogP contribution in [0.4, 0.5) is 0 Å². The number of nitrogens with zero attached hydrogens (tertiary/aromatic N) is 5. The molecular formula is C15H17N5O3S3. The maximum atomic E-state index is 12.2. The van der Waals surface area contributed by atoms with E-state index in [1.807, 2.05) is 23.9 Å². The van der Waals surface area contributed by atoms with E-state index in [4.69, 9.17) is 0 Å². The van der Waals surface area contributed by atoms with Crippen LogP contribution in [0.3, 0.4) is 0 Å². The highest BCUT2D eigenvalue weighted by molar-refractivity contribution is 7.98. The van der Waals surface area contributed by atoms with Gasteiger partial charge in [-0.15, -0.1) is 21.5 Å². The van der Waals surface area contributed by atoms with Crippen molar-refractivity contribution in [3.8, 4) is 0 Å². The second-order valence-electron chi connectivity index (χ2n) is 6.37. The summed E-state index contributed by atoms with van der Waals surface area (Å²) in [6.07, 6.45) is 0.589. The van der Waals surface area contributed by atoms with Gasteiger partial charge in [-0.3, -0.25) is 9.20 Å². The van der Waals surface area contributed by atoms with E-state index < -0.39 is 9.84 Å². The van der Waals surface area contributed by atoms with E-state index in [1.54, 1.807) is 10.5 Å². The lowest BCUT2D eigenvalue weighted by Gasteiger charge is -2.07. The zero-order chi connectivity index (χ0) is 18.5. The van der Waals surface area contributed by atoms with E-state index in [2.05, 4.69) is 15.2 Å². The lowest BCUT2D eigenvalue weighted by molar-refractivity contribution is 0.599. The topological polar surface area (TPSA) is 99.2 Å². The number of aryl methyl sites for hydroxylation is 1. The molecule has 0 radical (unpaired) electrons. The first kappa shape index (κ1) is 17.7. The summed E-state index contributed by atoms with van der Waals surface area (Å²) in [5.74, 6) is 1.45. The summed E-state index contributed by atoms with van der Waals surface area (Å²) in [5, 5.41) is 11.0. The van der Waals surface area contributed by atoms with Gasteiger partial charge in [0.15, 0.2) is 20.0 Å². The Kier molecular flexibility index (Phi) is 4.40. The van der Waals surface area contributed by atoms with Gasteiger partial charge in [-0.25, -0.2) is 13.4 Å². The number of rotatable bonds is 4. The number of hydrogen-bond acceptors (Lipinski definition) is 8. The molecule has 1 saturated heterocycles. The lowest BCUT2D eigenvalue weighted by atomic mass is 10.1. The molecule has 0 spiro atoms. The highest BCUT2D eigenvalue weighted by atomic mass is 32.2. The summed E-state index contributed by atoms with van der Waals surface area (Å²) in [7, 11) is -1.12. The van der Waals surface area contributed by atoms with E-state index >= 15 is 0 Å². The zero-order valence-electron chi connectivity index (χ0n) is 14.2. The van der Waals surface area contributed by atoms with Crippen LogP contribution in [0.15, 0.2) is 21.4 Å². The van der Waals surface area contributed by atoms with Gasteiger partial charge in [-0.1, -0.05) is 11.8 Å². The van der Waals surface area contributed by atoms with Crippen molar-refractivity contribution in [2.45, 2.75) is 30.2 Å². The minimum absolute atomic E-state index is 0.0841. The molecule has 0 N–H and O–H groups in total.